The van der Waals surface area contributed by atoms with Gasteiger partial charge in [0, 0.05) is 6.20 Å². The number of nitrogens with zero attached hydrogens (tertiary/aromatic N) is 1. The molecule has 2 N–H and O–H groups in total. The molecule has 0 aliphatic rings. The maximum absolute atomic E-state index is 12.0. The zero-order valence-electron chi connectivity index (χ0n) is 11.4. The number of aliphatic hydroxyl groups excluding tert-OH is 1. The van der Waals surface area contributed by atoms with Crippen LogP contribution in [0.5, 0.6) is 0 Å². The van der Waals surface area contributed by atoms with Crippen LogP contribution in [0.15, 0.2) is 48.7 Å². The second-order valence-corrected chi connectivity index (χ2v) is 4.52. The molecule has 1 heterocycles. The van der Waals surface area contributed by atoms with Crippen LogP contribution >= 0.6 is 0 Å². The molecule has 0 aliphatic carbocycles. The number of carbonyl (C=O) groups excluding carboxylic acids is 1. The first-order chi connectivity index (χ1) is 9.74. The Morgan fingerprint density at radius 1 is 1.25 bits per heavy atom. The van der Waals surface area contributed by atoms with Crippen molar-refractivity contribution < 1.29 is 9.90 Å². The van der Waals surface area contributed by atoms with Crippen molar-refractivity contribution in [1.82, 2.24) is 10.3 Å². The Bertz CT molecular complexity index is 552. The van der Waals surface area contributed by atoms with Gasteiger partial charge in [0.15, 0.2) is 0 Å². The average molecular weight is 270 g/mol. The summed E-state index contributed by atoms with van der Waals surface area (Å²) in [6, 6.07) is 12.6. The average Bonchev–Trinajstić information content (AvgIpc) is 2.53. The predicted molar refractivity (Wildman–Crippen MR) is 77.4 cm³/mol. The summed E-state index contributed by atoms with van der Waals surface area (Å²) >= 11 is 0. The zero-order valence-corrected chi connectivity index (χ0v) is 11.4. The van der Waals surface area contributed by atoms with Gasteiger partial charge in [0.05, 0.1) is 12.6 Å². The fourth-order valence-electron chi connectivity index (χ4n) is 1.95. The number of hydrogen-bond acceptors (Lipinski definition) is 3. The lowest BCUT2D eigenvalue weighted by molar-refractivity contribution is 0.0911. The molecule has 2 rings (SSSR count). The number of aliphatic hydroxyl groups is 1. The van der Waals surface area contributed by atoms with Crippen molar-refractivity contribution in [2.24, 2.45) is 0 Å². The van der Waals surface area contributed by atoms with Gasteiger partial charge in [-0.05, 0) is 29.7 Å². The number of pyridine rings is 1. The molecule has 1 aromatic carbocycles. The maximum atomic E-state index is 12.0. The lowest BCUT2D eigenvalue weighted by atomic mass is 10.0. The molecule has 1 unspecified atom stereocenters. The Hall–Kier alpha value is -2.20. The van der Waals surface area contributed by atoms with Gasteiger partial charge in [0.1, 0.15) is 5.69 Å². The van der Waals surface area contributed by atoms with Crippen molar-refractivity contribution in [1.29, 1.82) is 0 Å². The minimum absolute atomic E-state index is 0.149. The number of carbonyl (C=O) groups is 1. The van der Waals surface area contributed by atoms with E-state index < -0.39 is 6.04 Å². The van der Waals surface area contributed by atoms with Crippen molar-refractivity contribution in [3.63, 3.8) is 0 Å². The van der Waals surface area contributed by atoms with Gasteiger partial charge in [-0.2, -0.15) is 0 Å². The zero-order chi connectivity index (χ0) is 14.4. The van der Waals surface area contributed by atoms with E-state index in [-0.39, 0.29) is 12.5 Å². The molecule has 0 fully saturated rings. The molecule has 0 saturated heterocycles. The van der Waals surface area contributed by atoms with Gasteiger partial charge in [-0.15, -0.1) is 0 Å². The molecule has 4 heteroatoms. The molecule has 104 valence electrons. The van der Waals surface area contributed by atoms with Crippen LogP contribution in [0.1, 0.15) is 34.6 Å². The first-order valence-corrected chi connectivity index (χ1v) is 6.66. The van der Waals surface area contributed by atoms with E-state index in [1.165, 1.54) is 5.56 Å². The van der Waals surface area contributed by atoms with E-state index in [0.717, 1.165) is 12.0 Å². The molecular weight excluding hydrogens is 252 g/mol. The number of nitrogens with one attached hydrogen (secondary N) is 1. The molecule has 0 bridgehead atoms. The van der Waals surface area contributed by atoms with E-state index in [0.29, 0.717) is 5.69 Å². The van der Waals surface area contributed by atoms with Crippen molar-refractivity contribution in [2.45, 2.75) is 19.4 Å². The van der Waals surface area contributed by atoms with Crippen LogP contribution in [0.4, 0.5) is 0 Å². The normalized spacial score (nSPS) is 11.9. The Kier molecular flexibility index (Phi) is 4.85. The number of aryl methyl sites for hydroxylation is 1. The fraction of sp³-hybridized carbons (Fsp3) is 0.250. The highest BCUT2D eigenvalue weighted by Gasteiger charge is 2.15. The number of amides is 1. The van der Waals surface area contributed by atoms with Crippen LogP contribution in [0, 0.1) is 0 Å². The fourth-order valence-corrected chi connectivity index (χ4v) is 1.95. The molecular formula is C16H18N2O2. The smallest absolute Gasteiger partial charge is 0.270 e. The van der Waals surface area contributed by atoms with E-state index in [1.54, 1.807) is 24.4 Å². The van der Waals surface area contributed by atoms with Gasteiger partial charge >= 0.3 is 0 Å². The van der Waals surface area contributed by atoms with Crippen LogP contribution in [0.2, 0.25) is 0 Å². The van der Waals surface area contributed by atoms with E-state index >= 15 is 0 Å². The van der Waals surface area contributed by atoms with Gasteiger partial charge < -0.3 is 10.4 Å². The molecule has 2 aromatic rings. The summed E-state index contributed by atoms with van der Waals surface area (Å²) in [4.78, 5) is 16.0. The largest absolute Gasteiger partial charge is 0.394 e. The maximum Gasteiger partial charge on any atom is 0.270 e. The first-order valence-electron chi connectivity index (χ1n) is 6.66. The van der Waals surface area contributed by atoms with Gasteiger partial charge in [0.25, 0.3) is 5.91 Å². The molecule has 1 amide bonds. The lowest BCUT2D eigenvalue weighted by Gasteiger charge is -2.16. The standard InChI is InChI=1S/C16H18N2O2/c1-2-12-6-8-13(9-7-12)15(11-19)18-16(20)14-5-3-4-10-17-14/h3-10,15,19H,2,11H2,1H3,(H,18,20). The quantitative estimate of drug-likeness (QED) is 0.874. The van der Waals surface area contributed by atoms with Crippen LogP contribution in [0.25, 0.3) is 0 Å². The summed E-state index contributed by atoms with van der Waals surface area (Å²) < 4.78 is 0. The molecule has 4 nitrogen and oxygen atoms in total. The molecule has 0 radical (unpaired) electrons. The highest BCUT2D eigenvalue weighted by atomic mass is 16.3. The van der Waals surface area contributed by atoms with Crippen LogP contribution in [0.3, 0.4) is 0 Å². The Morgan fingerprint density at radius 2 is 2.00 bits per heavy atom. The summed E-state index contributed by atoms with van der Waals surface area (Å²) in [5.41, 5.74) is 2.45. The highest BCUT2D eigenvalue weighted by Crippen LogP contribution is 2.14. The van der Waals surface area contributed by atoms with Crippen molar-refractivity contribution in [2.75, 3.05) is 6.61 Å². The minimum atomic E-state index is -0.421. The van der Waals surface area contributed by atoms with Gasteiger partial charge in [-0.25, -0.2) is 0 Å². The van der Waals surface area contributed by atoms with Crippen LogP contribution in [-0.4, -0.2) is 22.6 Å². The minimum Gasteiger partial charge on any atom is -0.394 e. The molecule has 0 spiro atoms. The Morgan fingerprint density at radius 3 is 2.55 bits per heavy atom. The summed E-state index contributed by atoms with van der Waals surface area (Å²) in [5, 5.41) is 12.3. The monoisotopic (exact) mass is 270 g/mol. The number of aromatic nitrogens is 1. The van der Waals surface area contributed by atoms with E-state index in [1.807, 2.05) is 24.3 Å². The van der Waals surface area contributed by atoms with Gasteiger partial charge in [-0.1, -0.05) is 37.3 Å². The van der Waals surface area contributed by atoms with E-state index in [4.69, 9.17) is 0 Å². The van der Waals surface area contributed by atoms with Gasteiger partial charge in [0.2, 0.25) is 0 Å². The third-order valence-electron chi connectivity index (χ3n) is 3.18. The molecule has 20 heavy (non-hydrogen) atoms. The van der Waals surface area contributed by atoms with Crippen molar-refractivity contribution in [3.05, 3.63) is 65.5 Å². The highest BCUT2D eigenvalue weighted by molar-refractivity contribution is 5.92. The predicted octanol–water partition coefficient (Wildman–Crippen LogP) is 2.11. The SMILES string of the molecule is CCc1ccc(C(CO)NC(=O)c2ccccn2)cc1. The number of rotatable bonds is 5. The molecule has 0 aliphatic heterocycles. The molecule has 1 atom stereocenters. The summed E-state index contributed by atoms with van der Waals surface area (Å²) in [6.45, 7) is 1.94. The molecule has 0 saturated carbocycles. The molecule has 1 aromatic heterocycles. The van der Waals surface area contributed by atoms with Crippen molar-refractivity contribution >= 4 is 5.91 Å². The number of benzene rings is 1. The summed E-state index contributed by atoms with van der Waals surface area (Å²) in [7, 11) is 0. The second-order valence-electron chi connectivity index (χ2n) is 4.52. The van der Waals surface area contributed by atoms with Crippen LogP contribution in [-0.2, 0) is 6.42 Å². The van der Waals surface area contributed by atoms with Crippen LogP contribution < -0.4 is 5.32 Å². The van der Waals surface area contributed by atoms with E-state index in [9.17, 15) is 9.90 Å². The van der Waals surface area contributed by atoms with Gasteiger partial charge in [-0.3, -0.25) is 9.78 Å². The Labute approximate surface area is 118 Å². The summed E-state index contributed by atoms with van der Waals surface area (Å²) in [5.74, 6) is -0.288. The second kappa shape index (κ2) is 6.82. The number of hydrogen-bond donors (Lipinski definition) is 2. The first kappa shape index (κ1) is 14.2. The van der Waals surface area contributed by atoms with Crippen molar-refractivity contribution in [3.8, 4) is 0 Å². The van der Waals surface area contributed by atoms with E-state index in [2.05, 4.69) is 17.2 Å². The lowest BCUT2D eigenvalue weighted by Crippen LogP contribution is -2.31. The topological polar surface area (TPSA) is 62.2 Å². The third-order valence-corrected chi connectivity index (χ3v) is 3.18. The summed E-state index contributed by atoms with van der Waals surface area (Å²) in [6.07, 6.45) is 2.53. The Balaban J connectivity index is 2.10. The third kappa shape index (κ3) is 3.42.